The standard InChI is InChI=1S/C18H21N3O3S/c1-14-12-16(8-9-17(14)21-10-5-11-25(21,23)24)20-18(22)19-13-15-6-3-2-4-7-15/h2-4,6-9,12H,5,10-11,13H2,1H3,(H2,19,20,22). The van der Waals surface area contributed by atoms with Crippen LogP contribution in [0.4, 0.5) is 16.2 Å². The van der Waals surface area contributed by atoms with Crippen LogP contribution < -0.4 is 14.9 Å². The molecule has 0 aromatic heterocycles. The quantitative estimate of drug-likeness (QED) is 0.881. The third kappa shape index (κ3) is 4.11. The van der Waals surface area contributed by atoms with Crippen LogP contribution >= 0.6 is 0 Å². The smallest absolute Gasteiger partial charge is 0.319 e. The number of aryl methyl sites for hydroxylation is 1. The number of urea groups is 1. The number of nitrogens with zero attached hydrogens (tertiary/aromatic N) is 1. The minimum Gasteiger partial charge on any atom is -0.334 e. The van der Waals surface area contributed by atoms with Crippen molar-refractivity contribution in [3.05, 3.63) is 59.7 Å². The number of anilines is 2. The summed E-state index contributed by atoms with van der Waals surface area (Å²) >= 11 is 0. The second kappa shape index (κ2) is 7.14. The summed E-state index contributed by atoms with van der Waals surface area (Å²) < 4.78 is 25.5. The summed E-state index contributed by atoms with van der Waals surface area (Å²) in [6.45, 7) is 2.79. The van der Waals surface area contributed by atoms with Gasteiger partial charge in [-0.25, -0.2) is 13.2 Å². The number of hydrogen-bond acceptors (Lipinski definition) is 3. The molecule has 0 atom stereocenters. The Morgan fingerprint density at radius 3 is 2.56 bits per heavy atom. The summed E-state index contributed by atoms with van der Waals surface area (Å²) in [5.74, 6) is 0.189. The summed E-state index contributed by atoms with van der Waals surface area (Å²) in [5.41, 5.74) is 3.13. The molecule has 1 saturated heterocycles. The van der Waals surface area contributed by atoms with Gasteiger partial charge >= 0.3 is 6.03 Å². The minimum absolute atomic E-state index is 0.189. The van der Waals surface area contributed by atoms with Gasteiger partial charge in [0.25, 0.3) is 0 Å². The first kappa shape index (κ1) is 17.3. The number of amides is 2. The summed E-state index contributed by atoms with van der Waals surface area (Å²) in [6, 6.07) is 14.6. The van der Waals surface area contributed by atoms with Crippen LogP contribution in [-0.2, 0) is 16.6 Å². The number of nitrogens with one attached hydrogen (secondary N) is 2. The lowest BCUT2D eigenvalue weighted by Crippen LogP contribution is -2.28. The van der Waals surface area contributed by atoms with Crippen LogP contribution in [0.3, 0.4) is 0 Å². The third-order valence-corrected chi connectivity index (χ3v) is 5.97. The van der Waals surface area contributed by atoms with E-state index in [0.29, 0.717) is 30.9 Å². The molecule has 25 heavy (non-hydrogen) atoms. The van der Waals surface area contributed by atoms with E-state index in [0.717, 1.165) is 11.1 Å². The van der Waals surface area contributed by atoms with Crippen LogP contribution in [0.2, 0.25) is 0 Å². The molecule has 0 bridgehead atoms. The Kier molecular flexibility index (Phi) is 4.94. The Hall–Kier alpha value is -2.54. The fraction of sp³-hybridized carbons (Fsp3) is 0.278. The SMILES string of the molecule is Cc1cc(NC(=O)NCc2ccccc2)ccc1N1CCCS1(=O)=O. The predicted molar refractivity (Wildman–Crippen MR) is 99.2 cm³/mol. The summed E-state index contributed by atoms with van der Waals surface area (Å²) in [6.07, 6.45) is 0.643. The molecule has 6 nitrogen and oxygen atoms in total. The van der Waals surface area contributed by atoms with Crippen molar-refractivity contribution < 1.29 is 13.2 Å². The topological polar surface area (TPSA) is 78.5 Å². The van der Waals surface area contributed by atoms with E-state index >= 15 is 0 Å². The van der Waals surface area contributed by atoms with E-state index in [1.807, 2.05) is 37.3 Å². The van der Waals surface area contributed by atoms with E-state index in [1.165, 1.54) is 4.31 Å². The highest BCUT2D eigenvalue weighted by molar-refractivity contribution is 7.93. The number of hydrogen-bond donors (Lipinski definition) is 2. The monoisotopic (exact) mass is 359 g/mol. The van der Waals surface area contributed by atoms with Gasteiger partial charge in [-0.2, -0.15) is 0 Å². The molecule has 7 heteroatoms. The second-order valence-corrected chi connectivity index (χ2v) is 8.05. The molecule has 0 saturated carbocycles. The van der Waals surface area contributed by atoms with Crippen molar-refractivity contribution in [3.8, 4) is 0 Å². The molecular weight excluding hydrogens is 338 g/mol. The average molecular weight is 359 g/mol. The van der Waals surface area contributed by atoms with E-state index in [2.05, 4.69) is 10.6 Å². The maximum Gasteiger partial charge on any atom is 0.319 e. The Balaban J connectivity index is 1.64. The molecule has 1 aliphatic heterocycles. The van der Waals surface area contributed by atoms with Crippen molar-refractivity contribution in [2.24, 2.45) is 0 Å². The van der Waals surface area contributed by atoms with Crippen LogP contribution in [-0.4, -0.2) is 26.7 Å². The van der Waals surface area contributed by atoms with E-state index in [-0.39, 0.29) is 11.8 Å². The van der Waals surface area contributed by atoms with Gasteiger partial charge in [-0.15, -0.1) is 0 Å². The highest BCUT2D eigenvalue weighted by Gasteiger charge is 2.29. The zero-order valence-electron chi connectivity index (χ0n) is 14.0. The first-order valence-corrected chi connectivity index (χ1v) is 9.76. The number of carbonyl (C=O) groups is 1. The van der Waals surface area contributed by atoms with Crippen LogP contribution in [0.5, 0.6) is 0 Å². The molecule has 2 aromatic carbocycles. The number of carbonyl (C=O) groups excluding carboxylic acids is 1. The van der Waals surface area contributed by atoms with Crippen molar-refractivity contribution in [3.63, 3.8) is 0 Å². The van der Waals surface area contributed by atoms with Gasteiger partial charge in [0.15, 0.2) is 0 Å². The van der Waals surface area contributed by atoms with Crippen molar-refractivity contribution in [2.45, 2.75) is 19.9 Å². The van der Waals surface area contributed by atoms with Gasteiger partial charge in [-0.3, -0.25) is 4.31 Å². The predicted octanol–water partition coefficient (Wildman–Crippen LogP) is 2.86. The molecule has 3 rings (SSSR count). The first-order chi connectivity index (χ1) is 12.0. The minimum atomic E-state index is -3.20. The van der Waals surface area contributed by atoms with E-state index in [1.54, 1.807) is 18.2 Å². The van der Waals surface area contributed by atoms with Crippen molar-refractivity contribution in [1.82, 2.24) is 5.32 Å². The Morgan fingerprint density at radius 1 is 1.16 bits per heavy atom. The Morgan fingerprint density at radius 2 is 1.92 bits per heavy atom. The molecule has 0 unspecified atom stereocenters. The van der Waals surface area contributed by atoms with E-state index in [4.69, 9.17) is 0 Å². The first-order valence-electron chi connectivity index (χ1n) is 8.15. The van der Waals surface area contributed by atoms with Crippen LogP contribution in [0, 0.1) is 6.92 Å². The fourth-order valence-electron chi connectivity index (χ4n) is 2.88. The zero-order valence-corrected chi connectivity index (χ0v) is 14.8. The maximum absolute atomic E-state index is 12.0. The highest BCUT2D eigenvalue weighted by Crippen LogP contribution is 2.29. The van der Waals surface area contributed by atoms with Crippen LogP contribution in [0.25, 0.3) is 0 Å². The van der Waals surface area contributed by atoms with Gasteiger partial charge in [0.1, 0.15) is 0 Å². The molecule has 2 amide bonds. The highest BCUT2D eigenvalue weighted by atomic mass is 32.2. The molecule has 2 N–H and O–H groups in total. The zero-order chi connectivity index (χ0) is 17.9. The maximum atomic E-state index is 12.0. The van der Waals surface area contributed by atoms with Gasteiger partial charge in [0, 0.05) is 18.8 Å². The number of rotatable bonds is 4. The summed E-state index contributed by atoms with van der Waals surface area (Å²) in [4.78, 5) is 12.0. The molecule has 0 spiro atoms. The van der Waals surface area contributed by atoms with Gasteiger partial charge in [0.05, 0.1) is 11.4 Å². The summed E-state index contributed by atoms with van der Waals surface area (Å²) in [7, 11) is -3.20. The van der Waals surface area contributed by atoms with Crippen LogP contribution in [0.1, 0.15) is 17.5 Å². The lowest BCUT2D eigenvalue weighted by Gasteiger charge is -2.20. The van der Waals surface area contributed by atoms with Crippen LogP contribution in [0.15, 0.2) is 48.5 Å². The number of benzene rings is 2. The molecular formula is C18H21N3O3S. The Bertz CT molecular complexity index is 866. The fourth-order valence-corrected chi connectivity index (χ4v) is 4.50. The van der Waals surface area contributed by atoms with Crippen molar-refractivity contribution in [2.75, 3.05) is 21.9 Å². The molecule has 0 aliphatic carbocycles. The van der Waals surface area contributed by atoms with Gasteiger partial charge < -0.3 is 10.6 Å². The third-order valence-electron chi connectivity index (χ3n) is 4.12. The largest absolute Gasteiger partial charge is 0.334 e. The number of sulfonamides is 1. The normalized spacial score (nSPS) is 15.8. The van der Waals surface area contributed by atoms with Crippen molar-refractivity contribution in [1.29, 1.82) is 0 Å². The average Bonchev–Trinajstić information content (AvgIpc) is 2.93. The van der Waals surface area contributed by atoms with Gasteiger partial charge in [-0.05, 0) is 42.7 Å². The summed E-state index contributed by atoms with van der Waals surface area (Å²) in [5, 5.41) is 5.57. The van der Waals surface area contributed by atoms with E-state index in [9.17, 15) is 13.2 Å². The molecule has 1 aliphatic rings. The molecule has 132 valence electrons. The molecule has 2 aromatic rings. The lowest BCUT2D eigenvalue weighted by molar-refractivity contribution is 0.251. The Labute approximate surface area is 147 Å². The van der Waals surface area contributed by atoms with Gasteiger partial charge in [-0.1, -0.05) is 30.3 Å². The van der Waals surface area contributed by atoms with Gasteiger partial charge in [0.2, 0.25) is 10.0 Å². The second-order valence-electron chi connectivity index (χ2n) is 6.04. The lowest BCUT2D eigenvalue weighted by atomic mass is 10.1. The van der Waals surface area contributed by atoms with E-state index < -0.39 is 10.0 Å². The molecule has 1 heterocycles. The molecule has 1 fully saturated rings. The van der Waals surface area contributed by atoms with Crippen molar-refractivity contribution >= 4 is 27.4 Å². The molecule has 0 radical (unpaired) electrons.